The van der Waals surface area contributed by atoms with Gasteiger partial charge in [0.05, 0.1) is 40.3 Å². The number of ketones is 1. The Balaban J connectivity index is 2.18. The lowest BCUT2D eigenvalue weighted by molar-refractivity contribution is -0.857. The van der Waals surface area contributed by atoms with Crippen molar-refractivity contribution in [2.75, 3.05) is 34.3 Å². The van der Waals surface area contributed by atoms with Gasteiger partial charge in [-0.15, -0.1) is 0 Å². The zero-order valence-electron chi connectivity index (χ0n) is 16.6. The molecule has 3 rings (SSSR count). The minimum atomic E-state index is -1.06. The number of carbonyl (C=O) groups excluding carboxylic acids is 2. The van der Waals surface area contributed by atoms with E-state index in [2.05, 4.69) is 0 Å². The van der Waals surface area contributed by atoms with E-state index in [0.29, 0.717) is 12.3 Å². The predicted molar refractivity (Wildman–Crippen MR) is 103 cm³/mol. The molecule has 152 valence electrons. The zero-order chi connectivity index (χ0) is 21.1. The first-order chi connectivity index (χ1) is 13.8. The number of benzene rings is 2. The molecule has 1 heterocycles. The zero-order valence-corrected chi connectivity index (χ0v) is 16.6. The minimum absolute atomic E-state index is 0.131. The molecule has 0 aromatic heterocycles. The summed E-state index contributed by atoms with van der Waals surface area (Å²) in [5, 5.41) is 13.2. The van der Waals surface area contributed by atoms with Crippen LogP contribution in [0.3, 0.4) is 0 Å². The highest BCUT2D eigenvalue weighted by Crippen LogP contribution is 2.39. The Morgan fingerprint density at radius 1 is 1.17 bits per heavy atom. The maximum absolute atomic E-state index is 14.6. The lowest BCUT2D eigenvalue weighted by atomic mass is 9.95. The van der Waals surface area contributed by atoms with Crippen molar-refractivity contribution in [2.45, 2.75) is 6.04 Å². The number of ether oxygens (including phenoxy) is 1. The van der Waals surface area contributed by atoms with Crippen LogP contribution in [0.5, 0.6) is 5.75 Å². The SMILES string of the molecule is COc1cccc(C([O-])=C2C(=O)C(=O)N(CC[NH+](C)C)C2c2ccccc2F)c1. The van der Waals surface area contributed by atoms with Crippen molar-refractivity contribution in [1.29, 1.82) is 0 Å². The molecule has 1 unspecified atom stereocenters. The molecule has 6 nitrogen and oxygen atoms in total. The molecule has 0 spiro atoms. The third kappa shape index (κ3) is 4.00. The fourth-order valence-corrected chi connectivity index (χ4v) is 3.38. The molecule has 0 radical (unpaired) electrons. The number of halogens is 1. The molecule has 0 bridgehead atoms. The molecule has 0 aliphatic carbocycles. The molecule has 2 aromatic rings. The van der Waals surface area contributed by atoms with E-state index < -0.39 is 29.3 Å². The molecule has 29 heavy (non-hydrogen) atoms. The fraction of sp³-hybridized carbons (Fsp3) is 0.273. The van der Waals surface area contributed by atoms with Crippen LogP contribution in [0.4, 0.5) is 4.39 Å². The number of Topliss-reactive ketones (excluding diaryl/α,β-unsaturated/α-hetero) is 1. The number of likely N-dealkylation sites (tertiary alicyclic amines) is 1. The second-order valence-corrected chi connectivity index (χ2v) is 7.18. The minimum Gasteiger partial charge on any atom is -0.872 e. The Hall–Kier alpha value is -3.19. The maximum Gasteiger partial charge on any atom is 0.295 e. The van der Waals surface area contributed by atoms with Crippen molar-refractivity contribution in [1.82, 2.24) is 4.90 Å². The summed E-state index contributed by atoms with van der Waals surface area (Å²) < 4.78 is 19.8. The van der Waals surface area contributed by atoms with Gasteiger partial charge < -0.3 is 19.6 Å². The van der Waals surface area contributed by atoms with Crippen molar-refractivity contribution in [2.24, 2.45) is 0 Å². The molecule has 7 heteroatoms. The maximum atomic E-state index is 14.6. The highest BCUT2D eigenvalue weighted by molar-refractivity contribution is 6.46. The van der Waals surface area contributed by atoms with Crippen LogP contribution < -0.4 is 14.7 Å². The topological polar surface area (TPSA) is 74.1 Å². The van der Waals surface area contributed by atoms with Crippen LogP contribution in [0, 0.1) is 5.82 Å². The van der Waals surface area contributed by atoms with E-state index in [4.69, 9.17) is 4.74 Å². The first-order valence-corrected chi connectivity index (χ1v) is 9.29. The van der Waals surface area contributed by atoms with E-state index in [1.54, 1.807) is 24.3 Å². The molecule has 2 aromatic carbocycles. The molecule has 0 saturated carbocycles. The average molecular weight is 398 g/mol. The van der Waals surface area contributed by atoms with Crippen molar-refractivity contribution in [3.05, 3.63) is 71.0 Å². The first-order valence-electron chi connectivity index (χ1n) is 9.29. The summed E-state index contributed by atoms with van der Waals surface area (Å²) in [4.78, 5) is 27.9. The number of rotatable bonds is 6. The van der Waals surface area contributed by atoms with Gasteiger partial charge in [-0.2, -0.15) is 0 Å². The highest BCUT2D eigenvalue weighted by Gasteiger charge is 2.45. The molecule has 1 saturated heterocycles. The van der Waals surface area contributed by atoms with Crippen LogP contribution in [0.25, 0.3) is 5.76 Å². The molecule has 1 aliphatic heterocycles. The van der Waals surface area contributed by atoms with Gasteiger partial charge in [-0.25, -0.2) is 4.39 Å². The third-order valence-electron chi connectivity index (χ3n) is 4.91. The molecule has 1 aliphatic rings. The fourth-order valence-electron chi connectivity index (χ4n) is 3.38. The normalized spacial score (nSPS) is 18.5. The Bertz CT molecular complexity index is 971. The largest absolute Gasteiger partial charge is 0.872 e. The van der Waals surface area contributed by atoms with Crippen LogP contribution in [-0.2, 0) is 9.59 Å². The van der Waals surface area contributed by atoms with Gasteiger partial charge in [0.25, 0.3) is 5.91 Å². The van der Waals surface area contributed by atoms with E-state index in [1.165, 1.54) is 36.3 Å². The molecule has 1 fully saturated rings. The summed E-state index contributed by atoms with van der Waals surface area (Å²) in [6, 6.07) is 11.2. The predicted octanol–water partition coefficient (Wildman–Crippen LogP) is 0.203. The van der Waals surface area contributed by atoms with E-state index in [9.17, 15) is 19.1 Å². The van der Waals surface area contributed by atoms with Crippen LogP contribution in [0.2, 0.25) is 0 Å². The number of nitrogens with one attached hydrogen (secondary N) is 1. The first kappa shape index (κ1) is 20.5. The Labute approximate surface area is 168 Å². The molecule has 1 amide bonds. The van der Waals surface area contributed by atoms with Crippen LogP contribution in [0.1, 0.15) is 17.2 Å². The van der Waals surface area contributed by atoms with Crippen molar-refractivity contribution in [3.8, 4) is 5.75 Å². The van der Waals surface area contributed by atoms with Crippen LogP contribution in [0.15, 0.2) is 54.1 Å². The summed E-state index contributed by atoms with van der Waals surface area (Å²) in [6.07, 6.45) is 0. The number of quaternary nitrogens is 1. The molecule has 1 atom stereocenters. The standard InChI is InChI=1S/C22H23FN2O4/c1-24(2)11-12-25-19(16-9-4-5-10-17(16)23)18(21(27)22(25)28)20(26)14-7-6-8-15(13-14)29-3/h4-10,13,19,26H,11-12H2,1-3H3. The van der Waals surface area contributed by atoms with Gasteiger partial charge in [-0.1, -0.05) is 36.1 Å². The van der Waals surface area contributed by atoms with Gasteiger partial charge in [0.15, 0.2) is 0 Å². The molecular formula is C22H23FN2O4. The van der Waals surface area contributed by atoms with E-state index >= 15 is 0 Å². The number of hydrogen-bond acceptors (Lipinski definition) is 4. The van der Waals surface area contributed by atoms with Crippen molar-refractivity contribution >= 4 is 17.4 Å². The lowest BCUT2D eigenvalue weighted by Crippen LogP contribution is -3.06. The number of carbonyl (C=O) groups is 2. The quantitative estimate of drug-likeness (QED) is 0.429. The third-order valence-corrected chi connectivity index (χ3v) is 4.91. The van der Waals surface area contributed by atoms with E-state index in [1.807, 2.05) is 14.1 Å². The van der Waals surface area contributed by atoms with Gasteiger partial charge in [-0.05, 0) is 23.8 Å². The molecule has 1 N–H and O–H groups in total. The number of likely N-dealkylation sites (N-methyl/N-ethyl adjacent to an activating group) is 1. The smallest absolute Gasteiger partial charge is 0.295 e. The summed E-state index contributed by atoms with van der Waals surface area (Å²) in [5.41, 5.74) is 0.107. The van der Waals surface area contributed by atoms with E-state index in [-0.39, 0.29) is 23.2 Å². The summed E-state index contributed by atoms with van der Waals surface area (Å²) in [6.45, 7) is 0.769. The van der Waals surface area contributed by atoms with Gasteiger partial charge in [0.2, 0.25) is 5.78 Å². The average Bonchev–Trinajstić information content (AvgIpc) is 2.96. The Kier molecular flexibility index (Phi) is 5.98. The second-order valence-electron chi connectivity index (χ2n) is 7.18. The van der Waals surface area contributed by atoms with Gasteiger partial charge in [0.1, 0.15) is 11.6 Å². The summed E-state index contributed by atoms with van der Waals surface area (Å²) in [7, 11) is 5.29. The Morgan fingerprint density at radius 2 is 1.90 bits per heavy atom. The summed E-state index contributed by atoms with van der Waals surface area (Å²) in [5.74, 6) is -2.40. The van der Waals surface area contributed by atoms with E-state index in [0.717, 1.165) is 4.90 Å². The number of methoxy groups -OCH3 is 1. The highest BCUT2D eigenvalue weighted by atomic mass is 19.1. The van der Waals surface area contributed by atoms with Crippen LogP contribution >= 0.6 is 0 Å². The van der Waals surface area contributed by atoms with Gasteiger partial charge in [0, 0.05) is 11.1 Å². The monoisotopic (exact) mass is 398 g/mol. The number of amides is 1. The summed E-state index contributed by atoms with van der Waals surface area (Å²) >= 11 is 0. The van der Waals surface area contributed by atoms with Crippen molar-refractivity contribution in [3.63, 3.8) is 0 Å². The van der Waals surface area contributed by atoms with Gasteiger partial charge >= 0.3 is 0 Å². The lowest BCUT2D eigenvalue weighted by Gasteiger charge is -2.28. The Morgan fingerprint density at radius 3 is 2.55 bits per heavy atom. The van der Waals surface area contributed by atoms with Gasteiger partial charge in [-0.3, -0.25) is 9.59 Å². The number of hydrogen-bond donors (Lipinski definition) is 1. The van der Waals surface area contributed by atoms with Crippen molar-refractivity contribution < 1.29 is 28.7 Å². The second kappa shape index (κ2) is 8.45. The molecular weight excluding hydrogens is 375 g/mol. The number of nitrogens with zero attached hydrogens (tertiary/aromatic N) is 1. The van der Waals surface area contributed by atoms with Crippen LogP contribution in [-0.4, -0.2) is 50.9 Å².